The Hall–Kier alpha value is -0.860. The third kappa shape index (κ3) is 3.07. The van der Waals surface area contributed by atoms with Crippen molar-refractivity contribution in [1.82, 2.24) is 4.90 Å². The summed E-state index contributed by atoms with van der Waals surface area (Å²) in [6, 6.07) is 11.7. The number of unbranched alkanes of at least 4 members (excludes halogenated alkanes) is 2. The minimum Gasteiger partial charge on any atom is -0.396 e. The van der Waals surface area contributed by atoms with Crippen molar-refractivity contribution in [3.8, 4) is 0 Å². The highest BCUT2D eigenvalue weighted by atomic mass is 16.2. The highest BCUT2D eigenvalue weighted by Crippen LogP contribution is 2.47. The van der Waals surface area contributed by atoms with Crippen LogP contribution in [0, 0.1) is 11.8 Å². The molecule has 3 atom stereocenters. The number of benzene rings is 1. The number of aliphatic hydroxyl groups excluding tert-OH is 1. The number of nitrogens with zero attached hydrogens (tertiary/aromatic N) is 1. The number of piperidine rings is 1. The summed E-state index contributed by atoms with van der Waals surface area (Å²) in [5, 5.41) is 8.91. The largest absolute Gasteiger partial charge is 0.396 e. The maximum atomic E-state index is 8.91. The lowest BCUT2D eigenvalue weighted by molar-refractivity contribution is 0.0887. The van der Waals surface area contributed by atoms with Gasteiger partial charge < -0.3 is 5.11 Å². The second-order valence-electron chi connectivity index (χ2n) is 6.57. The number of aliphatic hydroxyl groups is 1. The van der Waals surface area contributed by atoms with Crippen molar-refractivity contribution in [1.29, 1.82) is 0 Å². The first-order valence-electron chi connectivity index (χ1n) is 8.28. The fourth-order valence-electron chi connectivity index (χ4n) is 4.28. The molecule has 2 aliphatic rings. The van der Waals surface area contributed by atoms with E-state index >= 15 is 0 Å². The van der Waals surface area contributed by atoms with E-state index in [2.05, 4.69) is 35.2 Å². The molecule has 1 aromatic carbocycles. The Morgan fingerprint density at radius 3 is 2.70 bits per heavy atom. The standard InChI is InChI=1S/C18H27NO/c20-12-6-2-5-11-19-14-15-9-10-17(13-15)18(19)16-7-3-1-4-8-16/h1,3-4,7-8,15,17-18,20H,2,5-6,9-14H2. The van der Waals surface area contributed by atoms with Crippen LogP contribution >= 0.6 is 0 Å². The molecule has 1 saturated heterocycles. The first-order chi connectivity index (χ1) is 9.88. The Bertz CT molecular complexity index is 405. The maximum Gasteiger partial charge on any atom is 0.0431 e. The molecule has 0 radical (unpaired) electrons. The molecular formula is C18H27NO. The Labute approximate surface area is 122 Å². The van der Waals surface area contributed by atoms with Crippen molar-refractivity contribution in [2.45, 2.75) is 44.6 Å². The Morgan fingerprint density at radius 1 is 1.05 bits per heavy atom. The fraction of sp³-hybridized carbons (Fsp3) is 0.667. The van der Waals surface area contributed by atoms with E-state index in [1.807, 2.05) is 0 Å². The summed E-state index contributed by atoms with van der Waals surface area (Å²) < 4.78 is 0. The van der Waals surface area contributed by atoms with Crippen LogP contribution in [0.15, 0.2) is 30.3 Å². The lowest BCUT2D eigenvalue weighted by atomic mass is 9.86. The number of hydrogen-bond donors (Lipinski definition) is 1. The zero-order chi connectivity index (χ0) is 13.8. The van der Waals surface area contributed by atoms with Gasteiger partial charge >= 0.3 is 0 Å². The molecule has 1 aliphatic carbocycles. The quantitative estimate of drug-likeness (QED) is 0.800. The molecule has 2 bridgehead atoms. The van der Waals surface area contributed by atoms with Crippen molar-refractivity contribution >= 4 is 0 Å². The average molecular weight is 273 g/mol. The van der Waals surface area contributed by atoms with Gasteiger partial charge in [-0.2, -0.15) is 0 Å². The topological polar surface area (TPSA) is 23.5 Å². The van der Waals surface area contributed by atoms with E-state index < -0.39 is 0 Å². The van der Waals surface area contributed by atoms with Gasteiger partial charge in [-0.15, -0.1) is 0 Å². The van der Waals surface area contributed by atoms with E-state index in [0.717, 1.165) is 24.7 Å². The molecule has 3 rings (SSSR count). The summed E-state index contributed by atoms with van der Waals surface area (Å²) in [6.45, 7) is 2.83. The number of fused-ring (bicyclic) bond motifs is 2. The van der Waals surface area contributed by atoms with Crippen LogP contribution in [-0.4, -0.2) is 29.7 Å². The van der Waals surface area contributed by atoms with Crippen LogP contribution in [0.4, 0.5) is 0 Å². The second-order valence-corrected chi connectivity index (χ2v) is 6.57. The smallest absolute Gasteiger partial charge is 0.0431 e. The van der Waals surface area contributed by atoms with E-state index in [4.69, 9.17) is 5.11 Å². The molecule has 2 nitrogen and oxygen atoms in total. The Balaban J connectivity index is 1.69. The predicted octanol–water partition coefficient (Wildman–Crippen LogP) is 3.62. The van der Waals surface area contributed by atoms with Gasteiger partial charge in [-0.1, -0.05) is 30.3 Å². The minimum absolute atomic E-state index is 0.341. The molecule has 1 aromatic rings. The van der Waals surface area contributed by atoms with E-state index in [0.29, 0.717) is 12.6 Å². The highest BCUT2D eigenvalue weighted by Gasteiger charge is 2.40. The molecular weight excluding hydrogens is 246 g/mol. The van der Waals surface area contributed by atoms with Crippen LogP contribution in [-0.2, 0) is 0 Å². The molecule has 3 unspecified atom stereocenters. The van der Waals surface area contributed by atoms with Crippen LogP contribution in [0.25, 0.3) is 0 Å². The van der Waals surface area contributed by atoms with Gasteiger partial charge in [0.15, 0.2) is 0 Å². The lowest BCUT2D eigenvalue weighted by Gasteiger charge is -2.40. The van der Waals surface area contributed by atoms with Crippen LogP contribution in [0.3, 0.4) is 0 Å². The van der Waals surface area contributed by atoms with Crippen molar-refractivity contribution in [3.05, 3.63) is 35.9 Å². The molecule has 1 aliphatic heterocycles. The molecule has 20 heavy (non-hydrogen) atoms. The Kier molecular flexibility index (Phi) is 4.74. The third-order valence-electron chi connectivity index (χ3n) is 5.16. The summed E-state index contributed by atoms with van der Waals surface area (Å²) in [4.78, 5) is 2.73. The van der Waals surface area contributed by atoms with Crippen LogP contribution in [0.2, 0.25) is 0 Å². The van der Waals surface area contributed by atoms with Crippen molar-refractivity contribution in [2.24, 2.45) is 11.8 Å². The molecule has 0 spiro atoms. The molecule has 0 amide bonds. The highest BCUT2D eigenvalue weighted by molar-refractivity contribution is 5.21. The fourth-order valence-corrected chi connectivity index (χ4v) is 4.28. The average Bonchev–Trinajstić information content (AvgIpc) is 2.86. The minimum atomic E-state index is 0.341. The molecule has 1 heterocycles. The molecule has 1 saturated carbocycles. The molecule has 0 aromatic heterocycles. The van der Waals surface area contributed by atoms with Gasteiger partial charge in [0.05, 0.1) is 0 Å². The molecule has 1 N–H and O–H groups in total. The SMILES string of the molecule is OCCCCCN1CC2CCC(C2)C1c1ccccc1. The summed E-state index contributed by atoms with van der Waals surface area (Å²) in [6.07, 6.45) is 7.62. The zero-order valence-electron chi connectivity index (χ0n) is 12.4. The third-order valence-corrected chi connectivity index (χ3v) is 5.16. The second kappa shape index (κ2) is 6.73. The van der Waals surface area contributed by atoms with Gasteiger partial charge in [0.25, 0.3) is 0 Å². The normalized spacial score (nSPS) is 29.8. The van der Waals surface area contributed by atoms with Gasteiger partial charge in [0, 0.05) is 19.2 Å². The predicted molar refractivity (Wildman–Crippen MR) is 82.5 cm³/mol. The van der Waals surface area contributed by atoms with E-state index in [9.17, 15) is 0 Å². The van der Waals surface area contributed by atoms with Gasteiger partial charge in [0.1, 0.15) is 0 Å². The van der Waals surface area contributed by atoms with Crippen molar-refractivity contribution in [3.63, 3.8) is 0 Å². The van der Waals surface area contributed by atoms with Gasteiger partial charge in [0.2, 0.25) is 0 Å². The molecule has 2 heteroatoms. The van der Waals surface area contributed by atoms with E-state index in [1.54, 1.807) is 0 Å². The van der Waals surface area contributed by atoms with Gasteiger partial charge in [-0.3, -0.25) is 4.90 Å². The molecule has 110 valence electrons. The zero-order valence-corrected chi connectivity index (χ0v) is 12.4. The van der Waals surface area contributed by atoms with E-state index in [-0.39, 0.29) is 0 Å². The van der Waals surface area contributed by atoms with Crippen LogP contribution in [0.5, 0.6) is 0 Å². The molecule has 2 fully saturated rings. The van der Waals surface area contributed by atoms with Crippen LogP contribution in [0.1, 0.15) is 50.1 Å². The first kappa shape index (κ1) is 14.1. The summed E-state index contributed by atoms with van der Waals surface area (Å²) in [5.74, 6) is 1.81. The van der Waals surface area contributed by atoms with Crippen molar-refractivity contribution in [2.75, 3.05) is 19.7 Å². The number of likely N-dealkylation sites (tertiary alicyclic amines) is 1. The first-order valence-corrected chi connectivity index (χ1v) is 8.28. The lowest BCUT2D eigenvalue weighted by Crippen LogP contribution is -2.40. The summed E-state index contributed by atoms with van der Waals surface area (Å²) in [5.41, 5.74) is 1.51. The monoisotopic (exact) mass is 273 g/mol. The summed E-state index contributed by atoms with van der Waals surface area (Å²) in [7, 11) is 0. The van der Waals surface area contributed by atoms with E-state index in [1.165, 1.54) is 44.3 Å². The van der Waals surface area contributed by atoms with Crippen molar-refractivity contribution < 1.29 is 5.11 Å². The van der Waals surface area contributed by atoms with Crippen LogP contribution < -0.4 is 0 Å². The number of hydrogen-bond acceptors (Lipinski definition) is 2. The summed E-state index contributed by atoms with van der Waals surface area (Å²) >= 11 is 0. The maximum absolute atomic E-state index is 8.91. The van der Waals surface area contributed by atoms with Gasteiger partial charge in [-0.25, -0.2) is 0 Å². The Morgan fingerprint density at radius 2 is 1.90 bits per heavy atom. The number of rotatable bonds is 6. The van der Waals surface area contributed by atoms with Gasteiger partial charge in [-0.05, 0) is 62.5 Å².